The number of hydrogen-bond donors (Lipinski definition) is 6. The van der Waals surface area contributed by atoms with Crippen molar-refractivity contribution in [2.45, 2.75) is 42.1 Å². The second-order valence-electron chi connectivity index (χ2n) is 12.7. The Morgan fingerprint density at radius 1 is 0.463 bits per heavy atom. The van der Waals surface area contributed by atoms with Gasteiger partial charge in [0, 0.05) is 21.6 Å². The zero-order valence-electron chi connectivity index (χ0n) is 33.8. The van der Waals surface area contributed by atoms with Crippen LogP contribution in [0.1, 0.15) is 11.1 Å². The molecule has 6 aromatic rings. The molecule has 0 aliphatic carbocycles. The Morgan fingerprint density at radius 3 is 1.01 bits per heavy atom. The number of nitrogens with one attached hydrogen (secondary N) is 4. The van der Waals surface area contributed by atoms with Crippen LogP contribution in [-0.4, -0.2) is 83.0 Å². The number of aryl methyl sites for hydroxylation is 2. The van der Waals surface area contributed by atoms with Crippen molar-refractivity contribution in [1.82, 2.24) is 29.8 Å². The van der Waals surface area contributed by atoms with Crippen LogP contribution >= 0.6 is 22.7 Å². The minimum atomic E-state index is -4.29. The number of rotatable bonds is 14. The van der Waals surface area contributed by atoms with Crippen LogP contribution in [0.4, 0.5) is 31.2 Å². The molecule has 0 saturated heterocycles. The molecule has 4 amide bonds. The molecule has 0 atom stereocenters. The fourth-order valence-corrected chi connectivity index (χ4v) is 11.2. The van der Waals surface area contributed by atoms with Gasteiger partial charge >= 0.3 is 31.5 Å². The molecule has 67 heavy (non-hydrogen) atoms. The number of urea groups is 2. The number of benzene rings is 4. The van der Waals surface area contributed by atoms with Crippen LogP contribution < -0.4 is 30.4 Å². The molecule has 0 bridgehead atoms. The van der Waals surface area contributed by atoms with Gasteiger partial charge in [-0.25, -0.2) is 90.0 Å². The second kappa shape index (κ2) is 21.1. The summed E-state index contributed by atoms with van der Waals surface area (Å²) in [6.07, 6.45) is 0. The van der Waals surface area contributed by atoms with E-state index in [0.29, 0.717) is 22.7 Å². The van der Waals surface area contributed by atoms with E-state index in [4.69, 9.17) is 10.3 Å². The van der Waals surface area contributed by atoms with Crippen molar-refractivity contribution in [3.8, 4) is 0 Å². The number of hydrogen-bond acceptors (Lipinski definition) is 20. The Hall–Kier alpha value is -5.62. The van der Waals surface area contributed by atoms with E-state index in [1.807, 2.05) is 9.44 Å². The molecule has 26 nitrogen and oxygen atoms in total. The number of sulfonamides is 6. The van der Waals surface area contributed by atoms with Gasteiger partial charge in [0.05, 0.1) is 19.6 Å². The largest absolute Gasteiger partial charge is 2.00 e. The van der Waals surface area contributed by atoms with E-state index < -0.39 is 91.1 Å². The van der Waals surface area contributed by atoms with Crippen molar-refractivity contribution in [2.75, 3.05) is 10.6 Å². The zero-order chi connectivity index (χ0) is 48.9. The van der Waals surface area contributed by atoms with E-state index in [0.717, 1.165) is 35.4 Å². The summed E-state index contributed by atoms with van der Waals surface area (Å²) < 4.78 is 153. The zero-order valence-corrected chi connectivity index (χ0v) is 43.3. The Kier molecular flexibility index (Phi) is 17.0. The van der Waals surface area contributed by atoms with Crippen LogP contribution in [0.2, 0.25) is 0 Å². The third-order valence-electron chi connectivity index (χ3n) is 7.61. The van der Waals surface area contributed by atoms with Crippen molar-refractivity contribution >= 4 is 117 Å². The molecule has 6 rings (SSSR count). The predicted molar refractivity (Wildman–Crippen MR) is 237 cm³/mol. The van der Waals surface area contributed by atoms with Gasteiger partial charge in [0.2, 0.25) is 28.7 Å². The van der Waals surface area contributed by atoms with Gasteiger partial charge in [-0.1, -0.05) is 35.4 Å². The van der Waals surface area contributed by atoms with Crippen molar-refractivity contribution in [3.63, 3.8) is 0 Å². The standard InChI is InChI=1S/2C16H16N6O7S4.Zn/c2*1-10-2-6-12(7-3-10)32(26,27)21-14(23)18-11-4-8-13(9-5-11)33(28,29)22-15-19-20-16(30-15)31(17,24)25;/h2*2-9H,1H3,(H5,17,18,19,21,22,23,24,25);/q;;+2/p-2. The molecule has 0 aliphatic heterocycles. The summed E-state index contributed by atoms with van der Waals surface area (Å²) in [5, 5.41) is 26.7. The minimum Gasteiger partial charge on any atom is -0.342 e. The summed E-state index contributed by atoms with van der Waals surface area (Å²) in [4.78, 5) is 23.3. The molecule has 35 heteroatoms. The number of primary sulfonamides is 2. The summed E-state index contributed by atoms with van der Waals surface area (Å²) in [5.74, 6) is 0. The molecule has 2 aromatic heterocycles. The fraction of sp³-hybridized carbons (Fsp3) is 0.0625. The summed E-state index contributed by atoms with van der Waals surface area (Å²) in [5.41, 5.74) is 1.88. The van der Waals surface area contributed by atoms with E-state index in [2.05, 4.69) is 40.5 Å². The first kappa shape index (κ1) is 54.0. The Labute approximate surface area is 403 Å². The van der Waals surface area contributed by atoms with Gasteiger partial charge in [-0.15, -0.1) is 22.7 Å². The molecule has 8 N–H and O–H groups in total. The van der Waals surface area contributed by atoms with Crippen LogP contribution in [0.15, 0.2) is 125 Å². The van der Waals surface area contributed by atoms with E-state index >= 15 is 0 Å². The molecule has 352 valence electrons. The van der Waals surface area contributed by atoms with Crippen molar-refractivity contribution in [2.24, 2.45) is 10.3 Å². The fourth-order valence-electron chi connectivity index (χ4n) is 4.55. The molecule has 0 unspecified atom stereocenters. The summed E-state index contributed by atoms with van der Waals surface area (Å²) >= 11 is 0.748. The molecule has 0 fully saturated rings. The topological polar surface area (TPSA) is 419 Å². The monoisotopic (exact) mass is 1130 g/mol. The predicted octanol–water partition coefficient (Wildman–Crippen LogP) is 2.79. The number of amides is 4. The number of carbonyl (C=O) groups is 2. The molecular weight excluding hydrogens is 1100 g/mol. The van der Waals surface area contributed by atoms with Gasteiger partial charge in [-0.2, -0.15) is 0 Å². The number of carbonyl (C=O) groups excluding carboxylic acids is 2. The molecular formula is C32H30N12O14S8Zn. The van der Waals surface area contributed by atoms with Crippen LogP contribution in [0, 0.1) is 13.8 Å². The van der Waals surface area contributed by atoms with E-state index in [-0.39, 0.29) is 50.4 Å². The van der Waals surface area contributed by atoms with Crippen molar-refractivity contribution in [1.29, 1.82) is 0 Å². The van der Waals surface area contributed by atoms with E-state index in [1.54, 1.807) is 38.1 Å². The normalized spacial score (nSPS) is 12.0. The van der Waals surface area contributed by atoms with Gasteiger partial charge in [-0.3, -0.25) is 0 Å². The first-order valence-electron chi connectivity index (χ1n) is 17.2. The first-order valence-corrected chi connectivity index (χ1v) is 27.8. The minimum absolute atomic E-state index is 0. The Balaban J connectivity index is 0.000000288. The molecule has 0 radical (unpaired) electrons. The smallest absolute Gasteiger partial charge is 0.342 e. The summed E-state index contributed by atoms with van der Waals surface area (Å²) in [7, 11) is -25.1. The van der Waals surface area contributed by atoms with E-state index in [1.165, 1.54) is 48.5 Å². The van der Waals surface area contributed by atoms with Crippen LogP contribution in [0.25, 0.3) is 9.44 Å². The maximum Gasteiger partial charge on any atom is 2.00 e. The molecule has 4 aromatic carbocycles. The summed E-state index contributed by atoms with van der Waals surface area (Å²) in [6.45, 7) is 3.56. The van der Waals surface area contributed by atoms with Crippen LogP contribution in [0.3, 0.4) is 0 Å². The van der Waals surface area contributed by atoms with Crippen LogP contribution in [-0.2, 0) is 79.6 Å². The number of aromatic nitrogens is 4. The van der Waals surface area contributed by atoms with Gasteiger partial charge in [0.15, 0.2) is 0 Å². The molecule has 0 saturated carbocycles. The quantitative estimate of drug-likeness (QED) is 0.0854. The third-order valence-corrected chi connectivity index (χ3v) is 17.4. The maximum atomic E-state index is 12.4. The Bertz CT molecular complexity index is 3240. The SMILES string of the molecule is Cc1ccc(S(=O)(=O)NC(=O)Nc2ccc(S(=O)(=O)[N-]c3nnc(S(N)(=O)=O)s3)cc2)cc1.Cc1ccc(S(=O)(=O)NC(=O)Nc2ccc(S(=O)(=O)[N-]c3nnc(S(N)(=O)=O)s3)cc2)cc1.[Zn+2]. The van der Waals surface area contributed by atoms with Gasteiger partial charge in [0.25, 0.3) is 40.1 Å². The summed E-state index contributed by atoms with van der Waals surface area (Å²) in [6, 6.07) is 18.8. The molecule has 0 aliphatic rings. The Morgan fingerprint density at radius 2 is 0.746 bits per heavy atom. The van der Waals surface area contributed by atoms with E-state index in [9.17, 15) is 60.1 Å². The number of nitrogens with zero attached hydrogens (tertiary/aromatic N) is 6. The molecule has 2 heterocycles. The van der Waals surface area contributed by atoms with Crippen molar-refractivity contribution < 1.29 is 79.6 Å². The van der Waals surface area contributed by atoms with Gasteiger partial charge in [-0.05, 0) is 86.6 Å². The van der Waals surface area contributed by atoms with Gasteiger partial charge < -0.3 is 30.3 Å². The maximum absolute atomic E-state index is 12.4. The second-order valence-corrected chi connectivity index (χ2v) is 24.7. The third kappa shape index (κ3) is 15.2. The first-order chi connectivity index (χ1) is 30.5. The number of nitrogens with two attached hydrogens (primary N) is 2. The van der Waals surface area contributed by atoms with Crippen molar-refractivity contribution in [3.05, 3.63) is 118 Å². The van der Waals surface area contributed by atoms with Crippen LogP contribution in [0.5, 0.6) is 0 Å². The average molecular weight is 1130 g/mol. The van der Waals surface area contributed by atoms with Gasteiger partial charge in [0.1, 0.15) is 0 Å². The average Bonchev–Trinajstić information content (AvgIpc) is 3.88. The molecule has 0 spiro atoms. The number of anilines is 2.